The zero-order valence-electron chi connectivity index (χ0n) is 21.6. The lowest BCUT2D eigenvalue weighted by Gasteiger charge is -2.21. The molecule has 0 radical (unpaired) electrons. The highest BCUT2D eigenvalue weighted by atomic mass is 31.2. The molecular weight excluding hydrogens is 490 g/mol. The predicted molar refractivity (Wildman–Crippen MR) is 159 cm³/mol. The normalized spacial score (nSPS) is 11.9. The first-order valence-electron chi connectivity index (χ1n) is 13.3. The topological polar surface area (TPSA) is 34.1 Å². The molecule has 37 heavy (non-hydrogen) atoms. The number of benzene rings is 4. The van der Waals surface area contributed by atoms with E-state index in [0.717, 1.165) is 53.8 Å². The van der Waals surface area contributed by atoms with Crippen molar-refractivity contribution in [2.75, 3.05) is 12.3 Å². The van der Waals surface area contributed by atoms with E-state index in [2.05, 4.69) is 48.5 Å². The molecule has 0 unspecified atom stereocenters. The summed E-state index contributed by atoms with van der Waals surface area (Å²) in [5.41, 5.74) is 4.60. The zero-order chi connectivity index (χ0) is 25.8. The SMILES string of the molecule is O=P(CCCCCP(=O)(Cc1ccccc1)Cc1ccccc1)(Cc1ccccc1)Cc1ccccc1. The molecule has 4 rings (SSSR count). The van der Waals surface area contributed by atoms with Crippen LogP contribution in [0.4, 0.5) is 0 Å². The standard InChI is InChI=1S/C33H38O2P2/c34-36(26-30-16-6-1-7-17-30,27-31-18-8-2-9-19-31)24-14-5-15-25-37(35,28-32-20-10-3-11-21-32)29-33-22-12-4-13-23-33/h1-4,6-13,16-23H,5,14-15,24-29H2. The van der Waals surface area contributed by atoms with Crippen molar-refractivity contribution in [1.82, 2.24) is 0 Å². The highest BCUT2D eigenvalue weighted by molar-refractivity contribution is 7.62. The average Bonchev–Trinajstić information content (AvgIpc) is 2.90. The summed E-state index contributed by atoms with van der Waals surface area (Å²) in [4.78, 5) is 0. The third-order valence-electron chi connectivity index (χ3n) is 6.89. The molecule has 4 aromatic carbocycles. The van der Waals surface area contributed by atoms with Crippen LogP contribution < -0.4 is 0 Å². The highest BCUT2D eigenvalue weighted by Crippen LogP contribution is 2.54. The molecule has 4 heteroatoms. The summed E-state index contributed by atoms with van der Waals surface area (Å²) in [7, 11) is -4.85. The summed E-state index contributed by atoms with van der Waals surface area (Å²) >= 11 is 0. The molecule has 0 atom stereocenters. The van der Waals surface area contributed by atoms with Gasteiger partial charge in [-0.1, -0.05) is 128 Å². The summed E-state index contributed by atoms with van der Waals surface area (Å²) in [6.07, 6.45) is 6.82. The Labute approximate surface area is 222 Å². The lowest BCUT2D eigenvalue weighted by molar-refractivity contribution is 0.566. The van der Waals surface area contributed by atoms with E-state index in [1.54, 1.807) is 0 Å². The summed E-state index contributed by atoms with van der Waals surface area (Å²) in [6, 6.07) is 40.9. The van der Waals surface area contributed by atoms with Crippen molar-refractivity contribution in [3.05, 3.63) is 144 Å². The van der Waals surface area contributed by atoms with Gasteiger partial charge in [-0.25, -0.2) is 0 Å². The van der Waals surface area contributed by atoms with Crippen LogP contribution >= 0.6 is 14.3 Å². The van der Waals surface area contributed by atoms with Gasteiger partial charge in [0.1, 0.15) is 0 Å². The van der Waals surface area contributed by atoms with E-state index in [0.29, 0.717) is 24.6 Å². The van der Waals surface area contributed by atoms with E-state index in [1.165, 1.54) is 0 Å². The molecular formula is C33H38O2P2. The summed E-state index contributed by atoms with van der Waals surface area (Å²) in [5.74, 6) is 0. The van der Waals surface area contributed by atoms with Crippen molar-refractivity contribution in [2.45, 2.75) is 43.9 Å². The fourth-order valence-corrected chi connectivity index (χ4v) is 11.0. The molecule has 0 aliphatic heterocycles. The van der Waals surface area contributed by atoms with Gasteiger partial charge >= 0.3 is 0 Å². The first-order chi connectivity index (χ1) is 18.0. The van der Waals surface area contributed by atoms with Gasteiger partial charge in [0.15, 0.2) is 0 Å². The summed E-state index contributed by atoms with van der Waals surface area (Å²) < 4.78 is 28.3. The Hall–Kier alpha value is -2.66. The van der Waals surface area contributed by atoms with Gasteiger partial charge in [-0.15, -0.1) is 0 Å². The quantitative estimate of drug-likeness (QED) is 0.121. The minimum Gasteiger partial charge on any atom is -0.323 e. The molecule has 0 saturated heterocycles. The van der Waals surface area contributed by atoms with Crippen LogP contribution in [0.15, 0.2) is 121 Å². The fraction of sp³-hybridized carbons (Fsp3) is 0.273. The second kappa shape index (κ2) is 13.8. The smallest absolute Gasteiger partial charge is 0.0961 e. The Morgan fingerprint density at radius 2 is 0.595 bits per heavy atom. The summed E-state index contributed by atoms with van der Waals surface area (Å²) in [6.45, 7) is 0. The largest absolute Gasteiger partial charge is 0.323 e. The first kappa shape index (κ1) is 27.4. The van der Waals surface area contributed by atoms with Crippen LogP contribution in [0.5, 0.6) is 0 Å². The molecule has 0 saturated carbocycles. The minimum absolute atomic E-state index is 0.642. The summed E-state index contributed by atoms with van der Waals surface area (Å²) in [5, 5.41) is 0. The van der Waals surface area contributed by atoms with Gasteiger partial charge in [-0.2, -0.15) is 0 Å². The number of rotatable bonds is 14. The van der Waals surface area contributed by atoms with Gasteiger partial charge in [0.2, 0.25) is 0 Å². The van der Waals surface area contributed by atoms with Crippen molar-refractivity contribution < 1.29 is 9.13 Å². The first-order valence-corrected chi connectivity index (χ1v) is 17.8. The van der Waals surface area contributed by atoms with E-state index in [4.69, 9.17) is 0 Å². The van der Waals surface area contributed by atoms with Crippen LogP contribution in [-0.4, -0.2) is 12.3 Å². The van der Waals surface area contributed by atoms with Crippen LogP contribution in [0.3, 0.4) is 0 Å². The van der Waals surface area contributed by atoms with Gasteiger partial charge in [0.25, 0.3) is 0 Å². The predicted octanol–water partition coefficient (Wildman–Crippen LogP) is 9.68. The van der Waals surface area contributed by atoms with Crippen molar-refractivity contribution in [3.8, 4) is 0 Å². The Morgan fingerprint density at radius 1 is 0.351 bits per heavy atom. The van der Waals surface area contributed by atoms with Gasteiger partial charge in [0.05, 0.1) is 14.3 Å². The van der Waals surface area contributed by atoms with Gasteiger partial charge in [-0.05, 0) is 35.1 Å². The van der Waals surface area contributed by atoms with Gasteiger partial charge < -0.3 is 9.13 Å². The molecule has 0 N–H and O–H groups in total. The Kier molecular flexibility index (Phi) is 10.2. The molecule has 0 aliphatic rings. The Morgan fingerprint density at radius 3 is 0.838 bits per heavy atom. The molecule has 0 heterocycles. The number of hydrogen-bond acceptors (Lipinski definition) is 2. The van der Waals surface area contributed by atoms with Gasteiger partial charge in [0, 0.05) is 37.0 Å². The number of unbranched alkanes of at least 4 members (excludes halogenated alkanes) is 2. The third kappa shape index (κ3) is 9.30. The van der Waals surface area contributed by atoms with Crippen LogP contribution in [-0.2, 0) is 33.8 Å². The third-order valence-corrected chi connectivity index (χ3v) is 12.9. The monoisotopic (exact) mass is 528 g/mol. The van der Waals surface area contributed by atoms with Crippen LogP contribution in [0.25, 0.3) is 0 Å². The molecule has 0 amide bonds. The molecule has 192 valence electrons. The second-order valence-corrected chi connectivity index (χ2v) is 16.6. The van der Waals surface area contributed by atoms with Crippen molar-refractivity contribution >= 4 is 14.3 Å². The van der Waals surface area contributed by atoms with Crippen LogP contribution in [0.1, 0.15) is 41.5 Å². The molecule has 0 aliphatic carbocycles. The van der Waals surface area contributed by atoms with Crippen LogP contribution in [0, 0.1) is 0 Å². The highest BCUT2D eigenvalue weighted by Gasteiger charge is 2.25. The maximum absolute atomic E-state index is 14.1. The van der Waals surface area contributed by atoms with E-state index >= 15 is 0 Å². The van der Waals surface area contributed by atoms with E-state index in [1.807, 2.05) is 72.8 Å². The van der Waals surface area contributed by atoms with Crippen molar-refractivity contribution in [1.29, 1.82) is 0 Å². The zero-order valence-corrected chi connectivity index (χ0v) is 23.4. The minimum atomic E-state index is -2.42. The van der Waals surface area contributed by atoms with E-state index < -0.39 is 14.3 Å². The average molecular weight is 529 g/mol. The second-order valence-electron chi connectivity index (χ2n) is 10.2. The van der Waals surface area contributed by atoms with Gasteiger partial charge in [-0.3, -0.25) is 0 Å². The Balaban J connectivity index is 1.37. The van der Waals surface area contributed by atoms with Crippen LogP contribution in [0.2, 0.25) is 0 Å². The molecule has 4 aromatic rings. The lowest BCUT2D eigenvalue weighted by Crippen LogP contribution is -2.01. The fourth-order valence-electron chi connectivity index (χ4n) is 5.07. The molecule has 0 aromatic heterocycles. The maximum Gasteiger partial charge on any atom is 0.0961 e. The molecule has 2 nitrogen and oxygen atoms in total. The Bertz CT molecular complexity index is 1100. The van der Waals surface area contributed by atoms with E-state index in [-0.39, 0.29) is 0 Å². The molecule has 0 spiro atoms. The van der Waals surface area contributed by atoms with Crippen molar-refractivity contribution in [2.24, 2.45) is 0 Å². The molecule has 0 bridgehead atoms. The molecule has 0 fully saturated rings. The maximum atomic E-state index is 14.1. The van der Waals surface area contributed by atoms with Crippen molar-refractivity contribution in [3.63, 3.8) is 0 Å². The van der Waals surface area contributed by atoms with E-state index in [9.17, 15) is 9.13 Å². The lowest BCUT2D eigenvalue weighted by atomic mass is 10.2. The number of hydrogen-bond donors (Lipinski definition) is 0.